The fraction of sp³-hybridized carbons (Fsp3) is 0.636. The van der Waals surface area contributed by atoms with E-state index >= 15 is 0 Å². The van der Waals surface area contributed by atoms with E-state index in [0.29, 0.717) is 11.9 Å². The molecule has 4 nitrogen and oxygen atoms in total. The molecule has 1 aliphatic heterocycles. The van der Waals surface area contributed by atoms with Crippen LogP contribution in [0.1, 0.15) is 43.9 Å². The van der Waals surface area contributed by atoms with E-state index in [1.165, 1.54) is 5.56 Å². The highest BCUT2D eigenvalue weighted by Gasteiger charge is 2.22. The zero-order valence-electron chi connectivity index (χ0n) is 9.38. The van der Waals surface area contributed by atoms with Gasteiger partial charge < -0.3 is 11.1 Å². The number of nitrogens with two attached hydrogens (primary N) is 1. The summed E-state index contributed by atoms with van der Waals surface area (Å²) in [6, 6.07) is 0. The fourth-order valence-corrected chi connectivity index (χ4v) is 2.23. The largest absolute Gasteiger partial charge is 0.369 e. The molecule has 0 radical (unpaired) electrons. The molecule has 2 rings (SSSR count). The summed E-state index contributed by atoms with van der Waals surface area (Å²) in [5, 5.41) is 3.25. The average molecular weight is 206 g/mol. The molecule has 0 atom stereocenters. The molecule has 3 N–H and O–H groups in total. The zero-order valence-corrected chi connectivity index (χ0v) is 9.38. The van der Waals surface area contributed by atoms with Crippen LogP contribution in [0.15, 0.2) is 0 Å². The summed E-state index contributed by atoms with van der Waals surface area (Å²) in [5.74, 6) is 1.86. The van der Waals surface area contributed by atoms with Gasteiger partial charge in [0.15, 0.2) is 0 Å². The Bertz CT molecular complexity index is 358. The van der Waals surface area contributed by atoms with E-state index in [-0.39, 0.29) is 0 Å². The standard InChI is InChI=1S/C11H18N4/c1-3-7(4-2)9-8-5-6-13-10(8)15-11(12)14-9/h7H,3-6H2,1-2H3,(H3,12,13,14,15). The molecule has 0 unspecified atom stereocenters. The van der Waals surface area contributed by atoms with Crippen molar-refractivity contribution in [2.75, 3.05) is 17.6 Å². The normalized spacial score (nSPS) is 14.1. The van der Waals surface area contributed by atoms with Gasteiger partial charge in [0.2, 0.25) is 5.95 Å². The van der Waals surface area contributed by atoms with Crippen molar-refractivity contribution >= 4 is 11.8 Å². The molecule has 1 aromatic heterocycles. The van der Waals surface area contributed by atoms with Crippen molar-refractivity contribution in [3.8, 4) is 0 Å². The maximum atomic E-state index is 5.72. The number of fused-ring (bicyclic) bond motifs is 1. The smallest absolute Gasteiger partial charge is 0.222 e. The maximum absolute atomic E-state index is 5.72. The lowest BCUT2D eigenvalue weighted by molar-refractivity contribution is 0.617. The summed E-state index contributed by atoms with van der Waals surface area (Å²) in [7, 11) is 0. The third kappa shape index (κ3) is 1.76. The van der Waals surface area contributed by atoms with Gasteiger partial charge in [-0.1, -0.05) is 13.8 Å². The predicted octanol–water partition coefficient (Wildman–Crippen LogP) is 1.93. The highest BCUT2D eigenvalue weighted by Crippen LogP contribution is 2.31. The van der Waals surface area contributed by atoms with Crippen molar-refractivity contribution in [1.29, 1.82) is 0 Å². The zero-order chi connectivity index (χ0) is 10.8. The molecule has 0 fully saturated rings. The molecule has 2 heterocycles. The van der Waals surface area contributed by atoms with Crippen LogP contribution in [0.5, 0.6) is 0 Å². The average Bonchev–Trinajstić information content (AvgIpc) is 2.67. The Hall–Kier alpha value is -1.32. The Balaban J connectivity index is 2.46. The van der Waals surface area contributed by atoms with Gasteiger partial charge >= 0.3 is 0 Å². The Morgan fingerprint density at radius 2 is 2.07 bits per heavy atom. The molecule has 1 aliphatic rings. The van der Waals surface area contributed by atoms with Gasteiger partial charge in [-0.25, -0.2) is 4.98 Å². The molecule has 0 aromatic carbocycles. The summed E-state index contributed by atoms with van der Waals surface area (Å²) in [4.78, 5) is 8.63. The van der Waals surface area contributed by atoms with Crippen LogP contribution in [-0.2, 0) is 6.42 Å². The Kier molecular flexibility index (Phi) is 2.75. The van der Waals surface area contributed by atoms with E-state index in [2.05, 4.69) is 29.1 Å². The van der Waals surface area contributed by atoms with E-state index in [9.17, 15) is 0 Å². The number of nitrogen functional groups attached to an aromatic ring is 1. The highest BCUT2D eigenvalue weighted by atomic mass is 15.1. The number of anilines is 2. The van der Waals surface area contributed by atoms with Gasteiger partial charge in [0.25, 0.3) is 0 Å². The summed E-state index contributed by atoms with van der Waals surface area (Å²) >= 11 is 0. The van der Waals surface area contributed by atoms with Crippen molar-refractivity contribution in [3.63, 3.8) is 0 Å². The third-order valence-corrected chi connectivity index (χ3v) is 3.10. The first kappa shape index (κ1) is 10.2. The SMILES string of the molecule is CCC(CC)c1nc(N)nc2c1CCN2. The Labute approximate surface area is 90.3 Å². The van der Waals surface area contributed by atoms with Crippen molar-refractivity contribution in [3.05, 3.63) is 11.3 Å². The fourth-order valence-electron chi connectivity index (χ4n) is 2.23. The molecule has 0 spiro atoms. The number of aromatic nitrogens is 2. The maximum Gasteiger partial charge on any atom is 0.222 e. The summed E-state index contributed by atoms with van der Waals surface area (Å²) in [6.07, 6.45) is 3.25. The van der Waals surface area contributed by atoms with Crippen LogP contribution >= 0.6 is 0 Å². The first-order chi connectivity index (χ1) is 7.26. The Morgan fingerprint density at radius 3 is 2.73 bits per heavy atom. The minimum absolute atomic E-state index is 0.394. The second-order valence-electron chi connectivity index (χ2n) is 3.98. The second-order valence-corrected chi connectivity index (χ2v) is 3.98. The van der Waals surface area contributed by atoms with Gasteiger partial charge in [0.05, 0.1) is 5.69 Å². The quantitative estimate of drug-likeness (QED) is 0.793. The van der Waals surface area contributed by atoms with Crippen LogP contribution in [0, 0.1) is 0 Å². The molecular weight excluding hydrogens is 188 g/mol. The molecule has 0 saturated heterocycles. The first-order valence-corrected chi connectivity index (χ1v) is 5.66. The van der Waals surface area contributed by atoms with E-state index < -0.39 is 0 Å². The number of rotatable bonds is 3. The predicted molar refractivity (Wildman–Crippen MR) is 62.0 cm³/mol. The van der Waals surface area contributed by atoms with Crippen molar-refractivity contribution in [1.82, 2.24) is 9.97 Å². The van der Waals surface area contributed by atoms with Crippen LogP contribution in [0.3, 0.4) is 0 Å². The number of nitrogens with zero attached hydrogens (tertiary/aromatic N) is 2. The van der Waals surface area contributed by atoms with Crippen LogP contribution in [0.4, 0.5) is 11.8 Å². The summed E-state index contributed by atoms with van der Waals surface area (Å²) in [6.45, 7) is 5.35. The topological polar surface area (TPSA) is 63.8 Å². The number of hydrogen-bond acceptors (Lipinski definition) is 4. The van der Waals surface area contributed by atoms with Gasteiger partial charge in [0.1, 0.15) is 5.82 Å². The number of hydrogen-bond donors (Lipinski definition) is 2. The van der Waals surface area contributed by atoms with Gasteiger partial charge in [-0.3, -0.25) is 0 Å². The number of nitrogens with one attached hydrogen (secondary N) is 1. The monoisotopic (exact) mass is 206 g/mol. The van der Waals surface area contributed by atoms with Crippen LogP contribution < -0.4 is 11.1 Å². The molecule has 82 valence electrons. The lowest BCUT2D eigenvalue weighted by Crippen LogP contribution is -2.08. The third-order valence-electron chi connectivity index (χ3n) is 3.10. The van der Waals surface area contributed by atoms with Gasteiger partial charge in [-0.05, 0) is 19.3 Å². The molecular formula is C11H18N4. The van der Waals surface area contributed by atoms with Gasteiger partial charge in [-0.15, -0.1) is 0 Å². The van der Waals surface area contributed by atoms with Crippen LogP contribution in [-0.4, -0.2) is 16.5 Å². The minimum atomic E-state index is 0.394. The van der Waals surface area contributed by atoms with Crippen LogP contribution in [0.25, 0.3) is 0 Å². The van der Waals surface area contributed by atoms with E-state index in [1.807, 2.05) is 0 Å². The first-order valence-electron chi connectivity index (χ1n) is 5.66. The summed E-state index contributed by atoms with van der Waals surface area (Å²) < 4.78 is 0. The van der Waals surface area contributed by atoms with Crippen molar-refractivity contribution < 1.29 is 0 Å². The summed E-state index contributed by atoms with van der Waals surface area (Å²) in [5.41, 5.74) is 8.15. The minimum Gasteiger partial charge on any atom is -0.369 e. The molecule has 1 aromatic rings. The molecule has 0 bridgehead atoms. The lowest BCUT2D eigenvalue weighted by Gasteiger charge is -2.15. The Morgan fingerprint density at radius 1 is 1.33 bits per heavy atom. The molecule has 0 saturated carbocycles. The molecule has 0 amide bonds. The van der Waals surface area contributed by atoms with Crippen molar-refractivity contribution in [2.24, 2.45) is 0 Å². The molecule has 4 heteroatoms. The van der Waals surface area contributed by atoms with E-state index in [4.69, 9.17) is 5.73 Å². The molecule has 0 aliphatic carbocycles. The second kappa shape index (κ2) is 4.04. The van der Waals surface area contributed by atoms with Gasteiger partial charge in [-0.2, -0.15) is 4.98 Å². The lowest BCUT2D eigenvalue weighted by atomic mass is 9.95. The van der Waals surface area contributed by atoms with E-state index in [0.717, 1.165) is 37.3 Å². The van der Waals surface area contributed by atoms with Crippen LogP contribution in [0.2, 0.25) is 0 Å². The highest BCUT2D eigenvalue weighted by molar-refractivity contribution is 5.54. The van der Waals surface area contributed by atoms with E-state index in [1.54, 1.807) is 0 Å². The molecule has 15 heavy (non-hydrogen) atoms. The van der Waals surface area contributed by atoms with Gasteiger partial charge in [0, 0.05) is 18.0 Å². The van der Waals surface area contributed by atoms with Crippen molar-refractivity contribution in [2.45, 2.75) is 39.0 Å².